The second-order valence-corrected chi connectivity index (χ2v) is 3.33. The molecule has 0 saturated heterocycles. The fourth-order valence-electron chi connectivity index (χ4n) is 1.47. The van der Waals surface area contributed by atoms with E-state index in [9.17, 15) is 0 Å². The van der Waals surface area contributed by atoms with Gasteiger partial charge in [0.2, 0.25) is 0 Å². The van der Waals surface area contributed by atoms with Crippen LogP contribution in [-0.2, 0) is 6.54 Å². The fraction of sp³-hybridized carbons (Fsp3) is 0.182. The van der Waals surface area contributed by atoms with E-state index in [0.29, 0.717) is 6.54 Å². The molecule has 0 spiro atoms. The highest BCUT2D eigenvalue weighted by molar-refractivity contribution is 5.74. The quantitative estimate of drug-likeness (QED) is 0.745. The van der Waals surface area contributed by atoms with Crippen LogP contribution in [0.1, 0.15) is 5.56 Å². The molecule has 0 saturated carbocycles. The Hall–Kier alpha value is -1.65. The lowest BCUT2D eigenvalue weighted by Gasteiger charge is -2.26. The summed E-state index contributed by atoms with van der Waals surface area (Å²) in [6.45, 7) is 0.556. The third-order valence-electron chi connectivity index (χ3n) is 2.33. The Kier molecular flexibility index (Phi) is 2.80. The van der Waals surface area contributed by atoms with E-state index >= 15 is 0 Å². The van der Waals surface area contributed by atoms with Gasteiger partial charge in [0.05, 0.1) is 0 Å². The highest BCUT2D eigenvalue weighted by Crippen LogP contribution is 2.18. The zero-order chi connectivity index (χ0) is 10.7. The van der Waals surface area contributed by atoms with Crippen LogP contribution < -0.4 is 16.4 Å². The molecule has 1 aromatic carbocycles. The molecular weight excluding hydrogens is 188 g/mol. The highest BCUT2D eigenvalue weighted by atomic mass is 15.3. The number of benzene rings is 1. The smallest absolute Gasteiger partial charge is 0.177 e. The summed E-state index contributed by atoms with van der Waals surface area (Å²) in [7, 11) is 0. The van der Waals surface area contributed by atoms with Crippen molar-refractivity contribution >= 4 is 11.9 Å². The molecule has 0 aliphatic carbocycles. The number of nitrogens with two attached hydrogens (primary N) is 2. The van der Waals surface area contributed by atoms with Crippen LogP contribution in [0.15, 0.2) is 41.5 Å². The monoisotopic (exact) mass is 202 g/mol. The van der Waals surface area contributed by atoms with E-state index in [1.165, 1.54) is 0 Å². The van der Waals surface area contributed by atoms with Gasteiger partial charge < -0.3 is 10.6 Å². The predicted molar refractivity (Wildman–Crippen MR) is 62.4 cm³/mol. The Labute approximate surface area is 88.9 Å². The van der Waals surface area contributed by atoms with E-state index in [1.54, 1.807) is 6.21 Å². The van der Waals surface area contributed by atoms with E-state index in [0.717, 1.165) is 11.3 Å². The first-order valence-electron chi connectivity index (χ1n) is 4.84. The first-order chi connectivity index (χ1) is 7.31. The minimum atomic E-state index is -0.335. The number of hydrogen-bond acceptors (Lipinski definition) is 4. The summed E-state index contributed by atoms with van der Waals surface area (Å²) in [5.41, 5.74) is 13.5. The molecule has 1 aromatic rings. The average Bonchev–Trinajstić information content (AvgIpc) is 2.30. The maximum Gasteiger partial charge on any atom is 0.177 e. The van der Waals surface area contributed by atoms with Crippen molar-refractivity contribution in [3.63, 3.8) is 0 Å². The second kappa shape index (κ2) is 4.25. The molecule has 1 heterocycles. The van der Waals surface area contributed by atoms with Gasteiger partial charge in [0.25, 0.3) is 0 Å². The third kappa shape index (κ3) is 2.06. The van der Waals surface area contributed by atoms with Gasteiger partial charge in [-0.2, -0.15) is 0 Å². The van der Waals surface area contributed by atoms with Crippen LogP contribution in [0.2, 0.25) is 0 Å². The van der Waals surface area contributed by atoms with Crippen LogP contribution in [0.25, 0.3) is 0 Å². The van der Waals surface area contributed by atoms with Gasteiger partial charge >= 0.3 is 0 Å². The predicted octanol–water partition coefficient (Wildman–Crippen LogP) is 0.792. The van der Waals surface area contributed by atoms with Crippen LogP contribution >= 0.6 is 0 Å². The van der Waals surface area contributed by atoms with E-state index < -0.39 is 0 Å². The third-order valence-corrected chi connectivity index (χ3v) is 2.33. The summed E-state index contributed by atoms with van der Waals surface area (Å²) >= 11 is 0. The highest BCUT2D eigenvalue weighted by Gasteiger charge is 2.11. The summed E-state index contributed by atoms with van der Waals surface area (Å²) in [5.74, 6) is 0. The second-order valence-electron chi connectivity index (χ2n) is 3.33. The number of hydrogen-bond donors (Lipinski definition) is 2. The van der Waals surface area contributed by atoms with Gasteiger partial charge in [-0.05, 0) is 23.8 Å². The van der Waals surface area contributed by atoms with Crippen LogP contribution in [0, 0.1) is 0 Å². The van der Waals surface area contributed by atoms with Gasteiger partial charge in [-0.3, -0.25) is 10.7 Å². The maximum absolute atomic E-state index is 5.83. The molecular formula is C11H14N4. The molecule has 1 unspecified atom stereocenters. The molecule has 4 heteroatoms. The Morgan fingerprint density at radius 3 is 2.60 bits per heavy atom. The van der Waals surface area contributed by atoms with E-state index in [1.807, 2.05) is 41.4 Å². The Balaban J connectivity index is 2.22. The van der Waals surface area contributed by atoms with Crippen molar-refractivity contribution in [2.45, 2.75) is 12.8 Å². The number of aliphatic imine (C=N–C) groups is 1. The van der Waals surface area contributed by atoms with Crippen molar-refractivity contribution in [3.8, 4) is 0 Å². The molecule has 0 fully saturated rings. The zero-order valence-corrected chi connectivity index (χ0v) is 8.38. The SMILES string of the molecule is NCc1ccc(N2C=CC=NC2N)cc1. The molecule has 78 valence electrons. The van der Waals surface area contributed by atoms with E-state index in [2.05, 4.69) is 4.99 Å². The Morgan fingerprint density at radius 2 is 2.00 bits per heavy atom. The first kappa shape index (κ1) is 9.89. The fourth-order valence-corrected chi connectivity index (χ4v) is 1.47. The van der Waals surface area contributed by atoms with E-state index in [-0.39, 0.29) is 6.29 Å². The van der Waals surface area contributed by atoms with Crippen molar-refractivity contribution in [2.75, 3.05) is 4.90 Å². The zero-order valence-electron chi connectivity index (χ0n) is 8.38. The molecule has 4 N–H and O–H groups in total. The van der Waals surface area contributed by atoms with Crippen molar-refractivity contribution < 1.29 is 0 Å². The molecule has 4 nitrogen and oxygen atoms in total. The lowest BCUT2D eigenvalue weighted by molar-refractivity contribution is 0.711. The number of rotatable bonds is 2. The Morgan fingerprint density at radius 1 is 1.27 bits per heavy atom. The van der Waals surface area contributed by atoms with Crippen LogP contribution in [0.5, 0.6) is 0 Å². The van der Waals surface area contributed by atoms with Gasteiger partial charge in [0, 0.05) is 24.6 Å². The summed E-state index contributed by atoms with van der Waals surface area (Å²) in [5, 5.41) is 0. The number of nitrogens with zero attached hydrogens (tertiary/aromatic N) is 2. The summed E-state index contributed by atoms with van der Waals surface area (Å²) < 4.78 is 0. The lowest BCUT2D eigenvalue weighted by Crippen LogP contribution is -2.38. The van der Waals surface area contributed by atoms with Crippen LogP contribution in [-0.4, -0.2) is 12.5 Å². The molecule has 15 heavy (non-hydrogen) atoms. The molecule has 1 aliphatic rings. The molecule has 0 amide bonds. The molecule has 2 rings (SSSR count). The standard InChI is InChI=1S/C11H14N4/c12-8-9-2-4-10(5-3-9)15-7-1-6-14-11(15)13/h1-7,11H,8,12-13H2. The van der Waals surface area contributed by atoms with E-state index in [4.69, 9.17) is 11.5 Å². The van der Waals surface area contributed by atoms with Gasteiger partial charge in [-0.15, -0.1) is 0 Å². The van der Waals surface area contributed by atoms with Crippen molar-refractivity contribution in [3.05, 3.63) is 42.1 Å². The molecule has 1 atom stereocenters. The van der Waals surface area contributed by atoms with Gasteiger partial charge in [-0.1, -0.05) is 12.1 Å². The molecule has 0 radical (unpaired) electrons. The summed E-state index contributed by atoms with van der Waals surface area (Å²) in [6.07, 6.45) is 5.14. The summed E-state index contributed by atoms with van der Waals surface area (Å²) in [4.78, 5) is 6.00. The van der Waals surface area contributed by atoms with Crippen molar-refractivity contribution in [1.29, 1.82) is 0 Å². The number of anilines is 1. The van der Waals surface area contributed by atoms with Crippen LogP contribution in [0.4, 0.5) is 5.69 Å². The van der Waals surface area contributed by atoms with Crippen molar-refractivity contribution in [2.24, 2.45) is 16.5 Å². The van der Waals surface area contributed by atoms with Gasteiger partial charge in [0.1, 0.15) is 0 Å². The minimum absolute atomic E-state index is 0.335. The van der Waals surface area contributed by atoms with Crippen LogP contribution in [0.3, 0.4) is 0 Å². The Bertz CT molecular complexity index is 380. The first-order valence-corrected chi connectivity index (χ1v) is 4.84. The average molecular weight is 202 g/mol. The molecule has 0 bridgehead atoms. The lowest BCUT2D eigenvalue weighted by atomic mass is 10.2. The van der Waals surface area contributed by atoms with Gasteiger partial charge in [-0.25, -0.2) is 0 Å². The minimum Gasteiger partial charge on any atom is -0.326 e. The maximum atomic E-state index is 5.83. The van der Waals surface area contributed by atoms with Gasteiger partial charge in [0.15, 0.2) is 6.29 Å². The summed E-state index contributed by atoms with van der Waals surface area (Å²) in [6, 6.07) is 7.98. The normalized spacial score (nSPS) is 19.6. The number of allylic oxidation sites excluding steroid dienone is 1. The molecule has 1 aliphatic heterocycles. The topological polar surface area (TPSA) is 67.6 Å². The largest absolute Gasteiger partial charge is 0.326 e. The van der Waals surface area contributed by atoms with Crippen molar-refractivity contribution in [1.82, 2.24) is 0 Å². The molecule has 0 aromatic heterocycles.